The highest BCUT2D eigenvalue weighted by Crippen LogP contribution is 2.68. The fourth-order valence-corrected chi connectivity index (χ4v) is 6.46. The van der Waals surface area contributed by atoms with Gasteiger partial charge in [-0.1, -0.05) is 33.8 Å². The summed E-state index contributed by atoms with van der Waals surface area (Å²) in [5.74, 6) is 2.28. The van der Waals surface area contributed by atoms with Gasteiger partial charge < -0.3 is 19.2 Å². The van der Waals surface area contributed by atoms with Gasteiger partial charge in [-0.25, -0.2) is 0 Å². The molecular formula is C27H34N4O3. The molecule has 34 heavy (non-hydrogen) atoms. The lowest BCUT2D eigenvalue weighted by Gasteiger charge is -2.65. The monoisotopic (exact) mass is 462 g/mol. The summed E-state index contributed by atoms with van der Waals surface area (Å²) in [6.07, 6.45) is 4.60. The predicted molar refractivity (Wildman–Crippen MR) is 130 cm³/mol. The first-order valence-corrected chi connectivity index (χ1v) is 12.0. The van der Waals surface area contributed by atoms with Gasteiger partial charge in [0, 0.05) is 30.3 Å². The van der Waals surface area contributed by atoms with Gasteiger partial charge in [-0.2, -0.15) is 5.26 Å². The molecule has 0 unspecified atom stereocenters. The molecule has 2 aliphatic rings. The van der Waals surface area contributed by atoms with Crippen LogP contribution in [0.5, 0.6) is 11.5 Å². The van der Waals surface area contributed by atoms with E-state index in [1.54, 1.807) is 13.2 Å². The van der Waals surface area contributed by atoms with Gasteiger partial charge >= 0.3 is 0 Å². The topological polar surface area (TPSA) is 88.3 Å². The molecule has 0 spiro atoms. The van der Waals surface area contributed by atoms with Crippen molar-refractivity contribution in [2.75, 3.05) is 25.1 Å². The highest BCUT2D eigenvalue weighted by atomic mass is 16.5. The van der Waals surface area contributed by atoms with E-state index in [0.717, 1.165) is 50.1 Å². The van der Waals surface area contributed by atoms with E-state index in [4.69, 9.17) is 14.6 Å². The van der Waals surface area contributed by atoms with Crippen molar-refractivity contribution in [1.29, 1.82) is 5.26 Å². The number of benzene rings is 1. The van der Waals surface area contributed by atoms with Crippen LogP contribution in [0.25, 0.3) is 0 Å². The normalized spacial score (nSPS) is 20.6. The number of aldehydes is 1. The Morgan fingerprint density at radius 1 is 1.12 bits per heavy atom. The van der Waals surface area contributed by atoms with Gasteiger partial charge in [0.05, 0.1) is 12.7 Å². The van der Waals surface area contributed by atoms with Crippen LogP contribution in [0.1, 0.15) is 64.6 Å². The zero-order valence-corrected chi connectivity index (χ0v) is 20.8. The second-order valence-corrected chi connectivity index (χ2v) is 10.8. The molecule has 2 fully saturated rings. The molecular weight excluding hydrogens is 428 g/mol. The molecule has 1 saturated carbocycles. The van der Waals surface area contributed by atoms with E-state index in [1.165, 1.54) is 0 Å². The SMILES string of the molecule is COc1c(C#N)cccc1OC1(c2ccc(N3CCC(CC=O)CC3)nn2)C(C)(C)CC1(C)C. The number of ether oxygens (including phenoxy) is 2. The number of piperidine rings is 1. The van der Waals surface area contributed by atoms with Crippen LogP contribution in [0.15, 0.2) is 30.3 Å². The average molecular weight is 463 g/mol. The van der Waals surface area contributed by atoms with Crippen LogP contribution >= 0.6 is 0 Å². The lowest BCUT2D eigenvalue weighted by atomic mass is 9.43. The molecule has 0 radical (unpaired) electrons. The molecule has 0 bridgehead atoms. The maximum Gasteiger partial charge on any atom is 0.178 e. The van der Waals surface area contributed by atoms with Crippen LogP contribution in [0.3, 0.4) is 0 Å². The van der Waals surface area contributed by atoms with Crippen molar-refractivity contribution in [2.45, 2.75) is 59.0 Å². The van der Waals surface area contributed by atoms with Gasteiger partial charge in [-0.15, -0.1) is 10.2 Å². The summed E-state index contributed by atoms with van der Waals surface area (Å²) in [4.78, 5) is 13.1. The molecule has 2 heterocycles. The Hall–Kier alpha value is -3.14. The quantitative estimate of drug-likeness (QED) is 0.541. The highest BCUT2D eigenvalue weighted by molar-refractivity contribution is 5.53. The van der Waals surface area contributed by atoms with Crippen molar-refractivity contribution in [3.8, 4) is 17.6 Å². The van der Waals surface area contributed by atoms with Crippen LogP contribution < -0.4 is 14.4 Å². The number of rotatable bonds is 7. The van der Waals surface area contributed by atoms with Gasteiger partial charge in [0.2, 0.25) is 0 Å². The van der Waals surface area contributed by atoms with Crippen LogP contribution in [-0.2, 0) is 10.4 Å². The second kappa shape index (κ2) is 8.90. The summed E-state index contributed by atoms with van der Waals surface area (Å²) in [5, 5.41) is 18.9. The number of hydrogen-bond acceptors (Lipinski definition) is 7. The minimum atomic E-state index is -0.746. The van der Waals surface area contributed by atoms with E-state index < -0.39 is 5.60 Å². The van der Waals surface area contributed by atoms with Gasteiger partial charge in [0.15, 0.2) is 22.9 Å². The minimum Gasteiger partial charge on any atom is -0.492 e. The first-order chi connectivity index (χ1) is 16.2. The van der Waals surface area contributed by atoms with Gasteiger partial charge in [-0.3, -0.25) is 0 Å². The zero-order valence-electron chi connectivity index (χ0n) is 20.8. The molecule has 7 nitrogen and oxygen atoms in total. The highest BCUT2D eigenvalue weighted by Gasteiger charge is 2.69. The van der Waals surface area contributed by atoms with Crippen molar-refractivity contribution in [1.82, 2.24) is 10.2 Å². The van der Waals surface area contributed by atoms with E-state index in [2.05, 4.69) is 43.8 Å². The average Bonchev–Trinajstić information content (AvgIpc) is 2.82. The molecule has 1 aromatic heterocycles. The van der Waals surface area contributed by atoms with E-state index in [1.807, 2.05) is 24.3 Å². The largest absolute Gasteiger partial charge is 0.492 e. The van der Waals surface area contributed by atoms with Crippen LogP contribution in [0, 0.1) is 28.1 Å². The Bertz CT molecular complexity index is 1070. The number of anilines is 1. The summed E-state index contributed by atoms with van der Waals surface area (Å²) in [5.41, 5.74) is 0.0347. The lowest BCUT2D eigenvalue weighted by molar-refractivity contribution is -0.241. The minimum absolute atomic E-state index is 0.215. The van der Waals surface area contributed by atoms with Gasteiger partial charge in [-0.05, 0) is 49.4 Å². The number of nitrogens with zero attached hydrogens (tertiary/aromatic N) is 4. The van der Waals surface area contributed by atoms with Crippen LogP contribution in [0.4, 0.5) is 5.82 Å². The number of carbonyl (C=O) groups is 1. The Morgan fingerprint density at radius 3 is 2.35 bits per heavy atom. The molecule has 4 rings (SSSR count). The van der Waals surface area contributed by atoms with Gasteiger partial charge in [0.1, 0.15) is 18.0 Å². The van der Waals surface area contributed by atoms with Crippen molar-refractivity contribution < 1.29 is 14.3 Å². The third-order valence-electron chi connectivity index (χ3n) is 7.74. The first kappa shape index (κ1) is 24.0. The molecule has 0 amide bonds. The Labute approximate surface area is 202 Å². The van der Waals surface area contributed by atoms with Crippen molar-refractivity contribution >= 4 is 12.1 Å². The number of aromatic nitrogens is 2. The molecule has 180 valence electrons. The summed E-state index contributed by atoms with van der Waals surface area (Å²) in [6, 6.07) is 11.6. The number of hydrogen-bond donors (Lipinski definition) is 0. The second-order valence-electron chi connectivity index (χ2n) is 10.8. The van der Waals surface area contributed by atoms with Crippen molar-refractivity contribution in [2.24, 2.45) is 16.7 Å². The molecule has 7 heteroatoms. The zero-order chi connectivity index (χ0) is 24.6. The molecule has 1 aromatic carbocycles. The van der Waals surface area contributed by atoms with E-state index in [0.29, 0.717) is 29.4 Å². The number of nitriles is 1. The summed E-state index contributed by atoms with van der Waals surface area (Å²) in [6.45, 7) is 10.5. The molecule has 0 atom stereocenters. The molecule has 2 aromatic rings. The first-order valence-electron chi connectivity index (χ1n) is 12.0. The van der Waals surface area contributed by atoms with E-state index in [9.17, 15) is 10.1 Å². The van der Waals surface area contributed by atoms with Crippen molar-refractivity contribution in [3.05, 3.63) is 41.6 Å². The number of methoxy groups -OCH3 is 1. The molecule has 0 N–H and O–H groups in total. The fourth-order valence-electron chi connectivity index (χ4n) is 6.46. The third kappa shape index (κ3) is 3.79. The maximum atomic E-state index is 10.8. The Kier molecular flexibility index (Phi) is 6.28. The summed E-state index contributed by atoms with van der Waals surface area (Å²) in [7, 11) is 1.56. The Morgan fingerprint density at radius 2 is 1.82 bits per heavy atom. The number of para-hydroxylation sites is 1. The van der Waals surface area contributed by atoms with E-state index in [-0.39, 0.29) is 10.8 Å². The predicted octanol–water partition coefficient (Wildman–Crippen LogP) is 4.89. The molecule has 1 saturated heterocycles. The smallest absolute Gasteiger partial charge is 0.178 e. The third-order valence-corrected chi connectivity index (χ3v) is 7.74. The van der Waals surface area contributed by atoms with Crippen molar-refractivity contribution in [3.63, 3.8) is 0 Å². The standard InChI is InChI=1S/C27H34N4O3/c1-25(2)18-26(3,4)27(25,34-21-8-6-7-20(17-28)24(21)33-5)22-9-10-23(30-29-22)31-14-11-19(12-15-31)13-16-32/h6-10,16,19H,11-15,18H2,1-5H3. The summed E-state index contributed by atoms with van der Waals surface area (Å²) >= 11 is 0. The van der Waals surface area contributed by atoms with Crippen LogP contribution in [-0.4, -0.2) is 36.7 Å². The summed E-state index contributed by atoms with van der Waals surface area (Å²) < 4.78 is 12.4. The molecule has 1 aliphatic carbocycles. The maximum absolute atomic E-state index is 10.8. The fraction of sp³-hybridized carbons (Fsp3) is 0.556. The Balaban J connectivity index is 1.68. The van der Waals surface area contributed by atoms with E-state index >= 15 is 0 Å². The lowest BCUT2D eigenvalue weighted by Crippen LogP contribution is -2.67. The number of carbonyl (C=O) groups excluding carboxylic acids is 1. The van der Waals surface area contributed by atoms with Crippen LogP contribution in [0.2, 0.25) is 0 Å². The molecule has 1 aliphatic heterocycles. The van der Waals surface area contributed by atoms with Gasteiger partial charge in [0.25, 0.3) is 0 Å².